The molecule has 0 heterocycles. The van der Waals surface area contributed by atoms with Gasteiger partial charge < -0.3 is 19.9 Å². The first-order chi connectivity index (χ1) is 9.56. The van der Waals surface area contributed by atoms with Crippen molar-refractivity contribution >= 4 is 18.0 Å². The van der Waals surface area contributed by atoms with Crippen molar-refractivity contribution in [3.8, 4) is 11.5 Å². The Morgan fingerprint density at radius 2 is 2.15 bits per heavy atom. The Bertz CT molecular complexity index is 510. The molecule has 2 N–H and O–H groups in total. The van der Waals surface area contributed by atoms with Crippen LogP contribution in [0.1, 0.15) is 12.0 Å². The van der Waals surface area contributed by atoms with Gasteiger partial charge >= 0.3 is 5.97 Å². The average Bonchev–Trinajstić information content (AvgIpc) is 2.45. The first-order valence-electron chi connectivity index (χ1n) is 5.99. The smallest absolute Gasteiger partial charge is 0.328 e. The average molecular weight is 279 g/mol. The maximum Gasteiger partial charge on any atom is 0.328 e. The summed E-state index contributed by atoms with van der Waals surface area (Å²) >= 11 is 0. The van der Waals surface area contributed by atoms with Crippen LogP contribution >= 0.6 is 0 Å². The summed E-state index contributed by atoms with van der Waals surface area (Å²) in [6.45, 7) is 0.208. The number of hydrogen-bond acceptors (Lipinski definition) is 4. The van der Waals surface area contributed by atoms with Gasteiger partial charge in [-0.3, -0.25) is 4.79 Å². The van der Waals surface area contributed by atoms with Crippen LogP contribution in [0.15, 0.2) is 24.3 Å². The van der Waals surface area contributed by atoms with Crippen molar-refractivity contribution in [1.82, 2.24) is 5.32 Å². The van der Waals surface area contributed by atoms with Crippen molar-refractivity contribution < 1.29 is 24.2 Å². The van der Waals surface area contributed by atoms with Gasteiger partial charge in [0.05, 0.1) is 20.1 Å². The summed E-state index contributed by atoms with van der Waals surface area (Å²) in [7, 11) is 3.07. The van der Waals surface area contributed by atoms with Crippen LogP contribution < -0.4 is 14.8 Å². The molecule has 1 rings (SSSR count). The number of ether oxygens (including phenoxy) is 2. The van der Waals surface area contributed by atoms with E-state index in [0.29, 0.717) is 17.1 Å². The number of carboxylic acid groups (broad SMARTS) is 1. The van der Waals surface area contributed by atoms with E-state index in [1.807, 2.05) is 0 Å². The molecule has 108 valence electrons. The fraction of sp³-hybridized carbons (Fsp3) is 0.286. The standard InChI is InChI=1S/C14H17NO5/c1-15-13(16)7-8-20-12-5-4-11(19-2)9-10(12)3-6-14(17)18/h3-6,9H,7-8H2,1-2H3,(H,15,16)(H,17,18). The largest absolute Gasteiger partial charge is 0.497 e. The van der Waals surface area contributed by atoms with Crippen LogP contribution in [0, 0.1) is 0 Å². The van der Waals surface area contributed by atoms with E-state index < -0.39 is 5.97 Å². The van der Waals surface area contributed by atoms with Gasteiger partial charge in [-0.05, 0) is 24.3 Å². The van der Waals surface area contributed by atoms with Gasteiger partial charge in [-0.25, -0.2) is 4.79 Å². The highest BCUT2D eigenvalue weighted by Gasteiger charge is 2.05. The Hall–Kier alpha value is -2.50. The molecule has 0 aromatic heterocycles. The molecule has 0 aliphatic heterocycles. The molecule has 0 unspecified atom stereocenters. The van der Waals surface area contributed by atoms with Gasteiger partial charge in [0.15, 0.2) is 0 Å². The van der Waals surface area contributed by atoms with E-state index in [2.05, 4.69) is 5.32 Å². The molecular weight excluding hydrogens is 262 g/mol. The zero-order valence-electron chi connectivity index (χ0n) is 11.4. The molecule has 1 aromatic rings. The Morgan fingerprint density at radius 3 is 2.75 bits per heavy atom. The minimum atomic E-state index is -1.05. The van der Waals surface area contributed by atoms with E-state index >= 15 is 0 Å². The van der Waals surface area contributed by atoms with Crippen LogP contribution in [0.4, 0.5) is 0 Å². The highest BCUT2D eigenvalue weighted by molar-refractivity contribution is 5.86. The maximum absolute atomic E-state index is 11.1. The van der Waals surface area contributed by atoms with E-state index in [0.717, 1.165) is 6.08 Å². The predicted octanol–water partition coefficient (Wildman–Crippen LogP) is 1.31. The van der Waals surface area contributed by atoms with E-state index in [9.17, 15) is 9.59 Å². The molecular formula is C14H17NO5. The lowest BCUT2D eigenvalue weighted by Gasteiger charge is -2.10. The molecule has 1 amide bonds. The van der Waals surface area contributed by atoms with Gasteiger partial charge in [-0.2, -0.15) is 0 Å². The SMILES string of the molecule is CNC(=O)CCOc1ccc(OC)cc1C=CC(=O)O. The minimum absolute atomic E-state index is 0.124. The van der Waals surface area contributed by atoms with Crippen molar-refractivity contribution in [1.29, 1.82) is 0 Å². The third kappa shape index (κ3) is 5.01. The van der Waals surface area contributed by atoms with Gasteiger partial charge in [0, 0.05) is 18.7 Å². The topological polar surface area (TPSA) is 84.9 Å². The lowest BCUT2D eigenvalue weighted by molar-refractivity contribution is -0.131. The molecule has 0 radical (unpaired) electrons. The van der Waals surface area contributed by atoms with E-state index in [1.165, 1.54) is 13.2 Å². The summed E-state index contributed by atoms with van der Waals surface area (Å²) in [5.74, 6) is -0.0915. The highest BCUT2D eigenvalue weighted by Crippen LogP contribution is 2.25. The van der Waals surface area contributed by atoms with Crippen LogP contribution in [-0.4, -0.2) is 37.7 Å². The lowest BCUT2D eigenvalue weighted by Crippen LogP contribution is -2.20. The molecule has 0 saturated carbocycles. The Labute approximate surface area is 117 Å². The first kappa shape index (κ1) is 15.6. The second-order valence-corrected chi connectivity index (χ2v) is 3.85. The van der Waals surface area contributed by atoms with Crippen LogP contribution in [-0.2, 0) is 9.59 Å². The summed E-state index contributed by atoms with van der Waals surface area (Å²) in [6, 6.07) is 5.03. The molecule has 6 heteroatoms. The summed E-state index contributed by atoms with van der Waals surface area (Å²) in [4.78, 5) is 21.7. The second-order valence-electron chi connectivity index (χ2n) is 3.85. The number of nitrogens with one attached hydrogen (secondary N) is 1. The molecule has 0 fully saturated rings. The Kier molecular flexibility index (Phi) is 6.09. The number of amides is 1. The quantitative estimate of drug-likeness (QED) is 0.735. The number of hydrogen-bond donors (Lipinski definition) is 2. The van der Waals surface area contributed by atoms with Crippen LogP contribution in [0.2, 0.25) is 0 Å². The van der Waals surface area contributed by atoms with Crippen molar-refractivity contribution in [2.45, 2.75) is 6.42 Å². The van der Waals surface area contributed by atoms with Gasteiger partial charge in [-0.15, -0.1) is 0 Å². The zero-order valence-corrected chi connectivity index (χ0v) is 11.4. The number of carbonyl (C=O) groups excluding carboxylic acids is 1. The monoisotopic (exact) mass is 279 g/mol. The van der Waals surface area contributed by atoms with Crippen molar-refractivity contribution in [3.05, 3.63) is 29.8 Å². The van der Waals surface area contributed by atoms with Crippen molar-refractivity contribution in [2.75, 3.05) is 20.8 Å². The highest BCUT2D eigenvalue weighted by atomic mass is 16.5. The summed E-state index contributed by atoms with van der Waals surface area (Å²) in [6.07, 6.45) is 2.66. The molecule has 0 bridgehead atoms. The minimum Gasteiger partial charge on any atom is -0.497 e. The normalized spacial score (nSPS) is 10.3. The molecule has 0 spiro atoms. The fourth-order valence-corrected chi connectivity index (χ4v) is 1.45. The Morgan fingerprint density at radius 1 is 1.40 bits per heavy atom. The summed E-state index contributed by atoms with van der Waals surface area (Å²) < 4.78 is 10.6. The van der Waals surface area contributed by atoms with Gasteiger partial charge in [-0.1, -0.05) is 0 Å². The van der Waals surface area contributed by atoms with E-state index in [1.54, 1.807) is 25.2 Å². The van der Waals surface area contributed by atoms with Crippen LogP contribution in [0.25, 0.3) is 6.08 Å². The Balaban J connectivity index is 2.82. The molecule has 0 aliphatic carbocycles. The lowest BCUT2D eigenvalue weighted by atomic mass is 10.1. The number of aliphatic carboxylic acids is 1. The van der Waals surface area contributed by atoms with Gasteiger partial charge in [0.2, 0.25) is 5.91 Å². The van der Waals surface area contributed by atoms with Crippen molar-refractivity contribution in [2.24, 2.45) is 0 Å². The summed E-state index contributed by atoms with van der Waals surface area (Å²) in [5.41, 5.74) is 0.573. The third-order valence-electron chi connectivity index (χ3n) is 2.49. The van der Waals surface area contributed by atoms with Gasteiger partial charge in [0.1, 0.15) is 11.5 Å². The molecule has 0 aliphatic rings. The molecule has 1 aromatic carbocycles. The first-order valence-corrected chi connectivity index (χ1v) is 5.99. The number of methoxy groups -OCH3 is 1. The summed E-state index contributed by atoms with van der Waals surface area (Å²) in [5, 5.41) is 11.2. The van der Waals surface area contributed by atoms with Crippen LogP contribution in [0.5, 0.6) is 11.5 Å². The fourth-order valence-electron chi connectivity index (χ4n) is 1.45. The molecule has 0 atom stereocenters. The van der Waals surface area contributed by atoms with Gasteiger partial charge in [0.25, 0.3) is 0 Å². The number of rotatable bonds is 7. The van der Waals surface area contributed by atoms with E-state index in [-0.39, 0.29) is 18.9 Å². The zero-order chi connectivity index (χ0) is 15.0. The second kappa shape index (κ2) is 7.83. The number of carboxylic acids is 1. The third-order valence-corrected chi connectivity index (χ3v) is 2.49. The number of benzene rings is 1. The predicted molar refractivity (Wildman–Crippen MR) is 73.8 cm³/mol. The maximum atomic E-state index is 11.1. The molecule has 0 saturated heterocycles. The molecule has 6 nitrogen and oxygen atoms in total. The molecule has 20 heavy (non-hydrogen) atoms. The van der Waals surface area contributed by atoms with E-state index in [4.69, 9.17) is 14.6 Å². The van der Waals surface area contributed by atoms with Crippen LogP contribution in [0.3, 0.4) is 0 Å². The van der Waals surface area contributed by atoms with Crippen molar-refractivity contribution in [3.63, 3.8) is 0 Å². The number of carbonyl (C=O) groups is 2.